The lowest BCUT2D eigenvalue weighted by molar-refractivity contribution is 1.09. The molecule has 3 rings (SSSR count). The number of hydrogen-bond donors (Lipinski definition) is 2. The van der Waals surface area contributed by atoms with Gasteiger partial charge in [0.15, 0.2) is 11.5 Å². The maximum Gasteiger partial charge on any atom is 0.180 e. The van der Waals surface area contributed by atoms with Crippen LogP contribution in [0.15, 0.2) is 36.8 Å². The van der Waals surface area contributed by atoms with Crippen LogP contribution in [0.4, 0.5) is 17.3 Å². The third kappa shape index (κ3) is 2.54. The van der Waals surface area contributed by atoms with E-state index in [4.69, 9.17) is 0 Å². The maximum atomic E-state index is 4.62. The van der Waals surface area contributed by atoms with Gasteiger partial charge in [-0.1, -0.05) is 12.1 Å². The molecule has 0 saturated heterocycles. The zero-order valence-corrected chi connectivity index (χ0v) is 12.5. The molecule has 0 fully saturated rings. The Kier molecular flexibility index (Phi) is 3.48. The maximum absolute atomic E-state index is 4.62. The Labute approximate surface area is 124 Å². The molecule has 0 amide bonds. The second-order valence-corrected chi connectivity index (χ2v) is 5.04. The fraction of sp³-hybridized carbons (Fsp3) is 0.250. The van der Waals surface area contributed by atoms with Crippen molar-refractivity contribution in [3.63, 3.8) is 0 Å². The van der Waals surface area contributed by atoms with Gasteiger partial charge in [-0.3, -0.25) is 0 Å². The van der Waals surface area contributed by atoms with E-state index in [0.29, 0.717) is 0 Å². The van der Waals surface area contributed by atoms with Crippen LogP contribution in [-0.4, -0.2) is 20.9 Å². The van der Waals surface area contributed by atoms with Crippen molar-refractivity contribution < 1.29 is 0 Å². The summed E-state index contributed by atoms with van der Waals surface area (Å²) in [6.07, 6.45) is 5.65. The molecule has 21 heavy (non-hydrogen) atoms. The number of nitrogens with zero attached hydrogens (tertiary/aromatic N) is 3. The second-order valence-electron chi connectivity index (χ2n) is 5.04. The van der Waals surface area contributed by atoms with E-state index in [1.54, 1.807) is 6.20 Å². The Morgan fingerprint density at radius 1 is 1.24 bits per heavy atom. The number of hydrogen-bond acceptors (Lipinski definition) is 4. The minimum Gasteiger partial charge on any atom is -0.369 e. The summed E-state index contributed by atoms with van der Waals surface area (Å²) >= 11 is 0. The van der Waals surface area contributed by atoms with E-state index in [0.717, 1.165) is 29.5 Å². The molecule has 2 aromatic heterocycles. The van der Waals surface area contributed by atoms with Crippen LogP contribution < -0.4 is 10.6 Å². The van der Waals surface area contributed by atoms with Gasteiger partial charge in [0.2, 0.25) is 0 Å². The van der Waals surface area contributed by atoms with E-state index in [2.05, 4.69) is 53.5 Å². The lowest BCUT2D eigenvalue weighted by Crippen LogP contribution is -2.05. The molecule has 0 unspecified atom stereocenters. The van der Waals surface area contributed by atoms with Crippen LogP contribution in [0.5, 0.6) is 0 Å². The highest BCUT2D eigenvalue weighted by Gasteiger charge is 2.09. The van der Waals surface area contributed by atoms with E-state index < -0.39 is 0 Å². The van der Waals surface area contributed by atoms with Gasteiger partial charge in [0.1, 0.15) is 5.82 Å². The number of benzene rings is 1. The van der Waals surface area contributed by atoms with Crippen LogP contribution in [-0.2, 0) is 0 Å². The summed E-state index contributed by atoms with van der Waals surface area (Å²) in [5.41, 5.74) is 4.35. The van der Waals surface area contributed by atoms with E-state index in [1.807, 2.05) is 22.9 Å². The molecule has 2 heterocycles. The van der Waals surface area contributed by atoms with Crippen molar-refractivity contribution in [2.75, 3.05) is 17.2 Å². The average Bonchev–Trinajstić information content (AvgIpc) is 2.93. The Balaban J connectivity index is 2.06. The first-order valence-electron chi connectivity index (χ1n) is 7.10. The molecule has 0 radical (unpaired) electrons. The first kappa shape index (κ1) is 13.4. The Morgan fingerprint density at radius 3 is 2.90 bits per heavy atom. The minimum absolute atomic E-state index is 0.757. The number of anilines is 3. The molecule has 5 heteroatoms. The highest BCUT2D eigenvalue weighted by atomic mass is 15.1. The van der Waals surface area contributed by atoms with Crippen molar-refractivity contribution >= 4 is 23.0 Å². The molecule has 0 atom stereocenters. The van der Waals surface area contributed by atoms with Crippen LogP contribution in [0.3, 0.4) is 0 Å². The number of rotatable bonds is 4. The SMILES string of the molecule is CCNc1cn2ccnc2c(Nc2cccc(C)c2C)n1. The smallest absolute Gasteiger partial charge is 0.180 e. The molecule has 108 valence electrons. The van der Waals surface area contributed by atoms with Gasteiger partial charge in [-0.25, -0.2) is 9.97 Å². The minimum atomic E-state index is 0.757. The molecule has 0 spiro atoms. The fourth-order valence-corrected chi connectivity index (χ4v) is 2.30. The van der Waals surface area contributed by atoms with E-state index >= 15 is 0 Å². The molecule has 3 aromatic rings. The lowest BCUT2D eigenvalue weighted by atomic mass is 10.1. The highest BCUT2D eigenvalue weighted by molar-refractivity contribution is 5.73. The van der Waals surface area contributed by atoms with Crippen molar-refractivity contribution in [3.05, 3.63) is 47.9 Å². The summed E-state index contributed by atoms with van der Waals surface area (Å²) in [5, 5.41) is 6.65. The first-order chi connectivity index (χ1) is 10.2. The Bertz CT molecular complexity index is 775. The average molecular weight is 281 g/mol. The number of aromatic nitrogens is 3. The zero-order valence-electron chi connectivity index (χ0n) is 12.5. The van der Waals surface area contributed by atoms with E-state index in [-0.39, 0.29) is 0 Å². The van der Waals surface area contributed by atoms with E-state index in [1.165, 1.54) is 11.1 Å². The van der Waals surface area contributed by atoms with Crippen molar-refractivity contribution in [2.24, 2.45) is 0 Å². The van der Waals surface area contributed by atoms with Crippen LogP contribution in [0.1, 0.15) is 18.1 Å². The summed E-state index contributed by atoms with van der Waals surface area (Å²) in [6, 6.07) is 6.21. The summed E-state index contributed by atoms with van der Waals surface area (Å²) in [5.74, 6) is 1.59. The molecule has 2 N–H and O–H groups in total. The highest BCUT2D eigenvalue weighted by Crippen LogP contribution is 2.25. The molecule has 0 saturated carbocycles. The lowest BCUT2D eigenvalue weighted by Gasteiger charge is -2.13. The largest absolute Gasteiger partial charge is 0.369 e. The molecular weight excluding hydrogens is 262 g/mol. The van der Waals surface area contributed by atoms with Gasteiger partial charge in [-0.05, 0) is 38.0 Å². The molecular formula is C16H19N5. The molecule has 1 aromatic carbocycles. The van der Waals surface area contributed by atoms with Crippen molar-refractivity contribution in [1.29, 1.82) is 0 Å². The standard InChI is InChI=1S/C16H19N5/c1-4-17-14-10-21-9-8-18-16(21)15(20-14)19-13-7-5-6-11(2)12(13)3/h5-10,17H,4H2,1-3H3,(H,19,20). The summed E-state index contributed by atoms with van der Waals surface area (Å²) < 4.78 is 1.97. The first-order valence-corrected chi connectivity index (χ1v) is 7.10. The van der Waals surface area contributed by atoms with Gasteiger partial charge in [0.25, 0.3) is 0 Å². The van der Waals surface area contributed by atoms with Crippen molar-refractivity contribution in [2.45, 2.75) is 20.8 Å². The number of nitrogens with one attached hydrogen (secondary N) is 2. The van der Waals surface area contributed by atoms with Gasteiger partial charge >= 0.3 is 0 Å². The number of aryl methyl sites for hydroxylation is 1. The molecule has 0 bridgehead atoms. The topological polar surface area (TPSA) is 54.2 Å². The number of fused-ring (bicyclic) bond motifs is 1. The fourth-order valence-electron chi connectivity index (χ4n) is 2.30. The Hall–Kier alpha value is -2.56. The van der Waals surface area contributed by atoms with Crippen LogP contribution in [0.2, 0.25) is 0 Å². The van der Waals surface area contributed by atoms with Gasteiger partial charge in [-0.2, -0.15) is 0 Å². The van der Waals surface area contributed by atoms with Crippen LogP contribution in [0, 0.1) is 13.8 Å². The molecule has 5 nitrogen and oxygen atoms in total. The predicted octanol–water partition coefficient (Wildman–Crippen LogP) is 3.52. The second kappa shape index (κ2) is 5.44. The molecule has 0 aliphatic rings. The van der Waals surface area contributed by atoms with Gasteiger partial charge < -0.3 is 15.0 Å². The van der Waals surface area contributed by atoms with Crippen LogP contribution in [0.25, 0.3) is 5.65 Å². The van der Waals surface area contributed by atoms with Gasteiger partial charge in [-0.15, -0.1) is 0 Å². The normalized spacial score (nSPS) is 10.8. The van der Waals surface area contributed by atoms with E-state index in [9.17, 15) is 0 Å². The predicted molar refractivity (Wildman–Crippen MR) is 86.3 cm³/mol. The van der Waals surface area contributed by atoms with Gasteiger partial charge in [0.05, 0.1) is 6.20 Å². The molecule has 0 aliphatic carbocycles. The molecule has 0 aliphatic heterocycles. The summed E-state index contributed by atoms with van der Waals surface area (Å²) in [4.78, 5) is 9.00. The summed E-state index contributed by atoms with van der Waals surface area (Å²) in [7, 11) is 0. The zero-order chi connectivity index (χ0) is 14.8. The third-order valence-corrected chi connectivity index (χ3v) is 3.59. The van der Waals surface area contributed by atoms with Crippen molar-refractivity contribution in [1.82, 2.24) is 14.4 Å². The van der Waals surface area contributed by atoms with Crippen molar-refractivity contribution in [3.8, 4) is 0 Å². The summed E-state index contributed by atoms with van der Waals surface area (Å²) in [6.45, 7) is 7.09. The Morgan fingerprint density at radius 2 is 2.10 bits per heavy atom. The quantitative estimate of drug-likeness (QED) is 0.768. The van der Waals surface area contributed by atoms with Gasteiger partial charge in [0, 0.05) is 24.6 Å². The van der Waals surface area contributed by atoms with Crippen LogP contribution >= 0.6 is 0 Å². The monoisotopic (exact) mass is 281 g/mol. The third-order valence-electron chi connectivity index (χ3n) is 3.59. The number of imidazole rings is 1.